The van der Waals surface area contributed by atoms with Gasteiger partial charge in [0.05, 0.1) is 21.7 Å². The van der Waals surface area contributed by atoms with Crippen LogP contribution in [0.1, 0.15) is 18.4 Å². The highest BCUT2D eigenvalue weighted by atomic mass is 32.2. The molecule has 0 aliphatic carbocycles. The molecule has 2 aromatic carbocycles. The molecule has 0 bridgehead atoms. The maximum atomic E-state index is 14.6. The van der Waals surface area contributed by atoms with Crippen LogP contribution in [0.15, 0.2) is 65.8 Å². The highest BCUT2D eigenvalue weighted by Gasteiger charge is 2.22. The van der Waals surface area contributed by atoms with E-state index in [9.17, 15) is 12.8 Å². The first kappa shape index (κ1) is 20.5. The van der Waals surface area contributed by atoms with Crippen LogP contribution in [0, 0.1) is 12.7 Å². The van der Waals surface area contributed by atoms with Gasteiger partial charge in [0.15, 0.2) is 0 Å². The number of anilines is 2. The monoisotopic (exact) mass is 450 g/mol. The Morgan fingerprint density at radius 2 is 1.84 bits per heavy atom. The largest absolute Gasteiger partial charge is 0.369 e. The third kappa shape index (κ3) is 3.60. The summed E-state index contributed by atoms with van der Waals surface area (Å²) in [6.45, 7) is 3.47. The molecule has 3 heterocycles. The summed E-state index contributed by atoms with van der Waals surface area (Å²) in [5.74, 6) is -0.255. The predicted molar refractivity (Wildman–Crippen MR) is 125 cm³/mol. The van der Waals surface area contributed by atoms with Gasteiger partial charge < -0.3 is 9.88 Å². The Morgan fingerprint density at radius 1 is 1.09 bits per heavy atom. The van der Waals surface area contributed by atoms with Crippen LogP contribution in [0.2, 0.25) is 0 Å². The van der Waals surface area contributed by atoms with Crippen LogP contribution in [0.25, 0.3) is 22.2 Å². The van der Waals surface area contributed by atoms with Gasteiger partial charge in [0.2, 0.25) is 0 Å². The lowest BCUT2D eigenvalue weighted by Crippen LogP contribution is -2.18. The average Bonchev–Trinajstić information content (AvgIpc) is 3.47. The van der Waals surface area contributed by atoms with Gasteiger partial charge in [-0.2, -0.15) is 0 Å². The van der Waals surface area contributed by atoms with E-state index >= 15 is 0 Å². The first-order valence-electron chi connectivity index (χ1n) is 10.5. The van der Waals surface area contributed by atoms with Crippen LogP contribution >= 0.6 is 0 Å². The number of halogens is 1. The van der Waals surface area contributed by atoms with Crippen LogP contribution in [0.3, 0.4) is 0 Å². The quantitative estimate of drug-likeness (QED) is 0.445. The summed E-state index contributed by atoms with van der Waals surface area (Å²) in [6, 6.07) is 13.3. The van der Waals surface area contributed by atoms with Crippen molar-refractivity contribution in [2.24, 2.45) is 0 Å². The van der Waals surface area contributed by atoms with Crippen molar-refractivity contribution in [1.29, 1.82) is 0 Å². The molecule has 5 rings (SSSR count). The van der Waals surface area contributed by atoms with Crippen LogP contribution in [-0.2, 0) is 10.0 Å². The number of sulfonamides is 1. The molecule has 2 N–H and O–H groups in total. The van der Waals surface area contributed by atoms with Gasteiger partial charge in [0, 0.05) is 31.0 Å². The SMILES string of the molecule is Cc1cnc2[nH]cc(-c3ccc(F)c(N4CCCC4)c3)c2c1NS(=O)(=O)c1ccccc1. The molecule has 2 aromatic heterocycles. The minimum absolute atomic E-state index is 0.180. The smallest absolute Gasteiger partial charge is 0.261 e. The maximum Gasteiger partial charge on any atom is 0.261 e. The first-order valence-corrected chi connectivity index (χ1v) is 12.0. The van der Waals surface area contributed by atoms with Gasteiger partial charge in [-0.15, -0.1) is 0 Å². The van der Waals surface area contributed by atoms with E-state index in [1.165, 1.54) is 6.07 Å². The molecule has 1 aliphatic heterocycles. The number of benzene rings is 2. The Labute approximate surface area is 186 Å². The molecule has 1 fully saturated rings. The lowest BCUT2D eigenvalue weighted by atomic mass is 10.0. The molecule has 164 valence electrons. The predicted octanol–water partition coefficient (Wildman–Crippen LogP) is 5.08. The normalized spacial score (nSPS) is 14.2. The van der Waals surface area contributed by atoms with Crippen molar-refractivity contribution >= 4 is 32.4 Å². The van der Waals surface area contributed by atoms with E-state index in [-0.39, 0.29) is 10.7 Å². The molecule has 0 radical (unpaired) electrons. The van der Waals surface area contributed by atoms with Crippen molar-refractivity contribution in [1.82, 2.24) is 9.97 Å². The van der Waals surface area contributed by atoms with Crippen molar-refractivity contribution in [3.8, 4) is 11.1 Å². The van der Waals surface area contributed by atoms with Crippen LogP contribution in [-0.4, -0.2) is 31.5 Å². The van der Waals surface area contributed by atoms with Gasteiger partial charge in [0.1, 0.15) is 11.5 Å². The summed E-state index contributed by atoms with van der Waals surface area (Å²) >= 11 is 0. The Bertz CT molecular complexity index is 1390. The molecule has 1 saturated heterocycles. The second-order valence-electron chi connectivity index (χ2n) is 8.02. The minimum atomic E-state index is -3.79. The van der Waals surface area contributed by atoms with E-state index in [4.69, 9.17) is 0 Å². The lowest BCUT2D eigenvalue weighted by Gasteiger charge is -2.19. The number of fused-ring (bicyclic) bond motifs is 1. The summed E-state index contributed by atoms with van der Waals surface area (Å²) in [6.07, 6.45) is 5.51. The molecular weight excluding hydrogens is 427 g/mol. The Morgan fingerprint density at radius 3 is 2.59 bits per heavy atom. The van der Waals surface area contributed by atoms with Crippen molar-refractivity contribution < 1.29 is 12.8 Å². The summed E-state index contributed by atoms with van der Waals surface area (Å²) in [5, 5.41) is 0.656. The molecule has 4 aromatic rings. The minimum Gasteiger partial charge on any atom is -0.369 e. The van der Waals surface area contributed by atoms with E-state index in [0.29, 0.717) is 28.0 Å². The molecule has 8 heteroatoms. The van der Waals surface area contributed by atoms with Gasteiger partial charge in [-0.3, -0.25) is 4.72 Å². The molecule has 1 aliphatic rings. The Balaban J connectivity index is 1.64. The number of hydrogen-bond donors (Lipinski definition) is 2. The number of aromatic nitrogens is 2. The van der Waals surface area contributed by atoms with Gasteiger partial charge in [-0.25, -0.2) is 17.8 Å². The van der Waals surface area contributed by atoms with Crippen molar-refractivity contribution in [2.75, 3.05) is 22.7 Å². The highest BCUT2D eigenvalue weighted by molar-refractivity contribution is 7.92. The topological polar surface area (TPSA) is 78.1 Å². The number of hydrogen-bond acceptors (Lipinski definition) is 4. The molecule has 0 amide bonds. The maximum absolute atomic E-state index is 14.6. The second-order valence-corrected chi connectivity index (χ2v) is 9.70. The number of aryl methyl sites for hydroxylation is 1. The van der Waals surface area contributed by atoms with Crippen LogP contribution in [0.4, 0.5) is 15.8 Å². The summed E-state index contributed by atoms with van der Waals surface area (Å²) in [5.41, 5.74) is 3.85. The zero-order chi connectivity index (χ0) is 22.3. The third-order valence-electron chi connectivity index (χ3n) is 5.88. The zero-order valence-electron chi connectivity index (χ0n) is 17.6. The number of pyridine rings is 1. The summed E-state index contributed by atoms with van der Waals surface area (Å²) in [4.78, 5) is 9.79. The zero-order valence-corrected chi connectivity index (χ0v) is 18.4. The average molecular weight is 451 g/mol. The number of rotatable bonds is 5. The van der Waals surface area contributed by atoms with Gasteiger partial charge in [-0.05, 0) is 55.2 Å². The lowest BCUT2D eigenvalue weighted by molar-refractivity contribution is 0.601. The van der Waals surface area contributed by atoms with Gasteiger partial charge in [-0.1, -0.05) is 24.3 Å². The number of H-pyrrole nitrogens is 1. The summed E-state index contributed by atoms with van der Waals surface area (Å²) < 4.78 is 43.4. The van der Waals surface area contributed by atoms with E-state index in [0.717, 1.165) is 37.1 Å². The van der Waals surface area contributed by atoms with Gasteiger partial charge >= 0.3 is 0 Å². The number of aromatic amines is 1. The fourth-order valence-electron chi connectivity index (χ4n) is 4.22. The number of nitrogens with one attached hydrogen (secondary N) is 2. The summed E-state index contributed by atoms with van der Waals surface area (Å²) in [7, 11) is -3.79. The van der Waals surface area contributed by atoms with Crippen LogP contribution in [0.5, 0.6) is 0 Å². The molecule has 0 spiro atoms. The molecule has 6 nitrogen and oxygen atoms in total. The molecular formula is C24H23FN4O2S. The number of nitrogens with zero attached hydrogens (tertiary/aromatic N) is 2. The first-order chi connectivity index (χ1) is 15.4. The van der Waals surface area contributed by atoms with E-state index in [1.807, 2.05) is 13.0 Å². The molecule has 0 atom stereocenters. The Kier molecular flexibility index (Phi) is 5.09. The van der Waals surface area contributed by atoms with E-state index in [1.54, 1.807) is 48.8 Å². The molecule has 0 saturated carbocycles. The Hall–Kier alpha value is -3.39. The van der Waals surface area contributed by atoms with Gasteiger partial charge in [0.25, 0.3) is 10.0 Å². The molecule has 0 unspecified atom stereocenters. The third-order valence-corrected chi connectivity index (χ3v) is 7.25. The fraction of sp³-hybridized carbons (Fsp3) is 0.208. The standard InChI is InChI=1S/C24H23FN4O2S/c1-16-14-26-24-22(23(16)28-32(30,31)18-7-3-2-4-8-18)19(15-27-24)17-9-10-20(25)21(13-17)29-11-5-6-12-29/h2-4,7-10,13-15H,5-6,11-12H2,1H3,(H2,26,27,28). The van der Waals surface area contributed by atoms with Crippen molar-refractivity contribution in [2.45, 2.75) is 24.7 Å². The second kappa shape index (κ2) is 7.94. The van der Waals surface area contributed by atoms with E-state index in [2.05, 4.69) is 19.6 Å². The van der Waals surface area contributed by atoms with E-state index < -0.39 is 10.0 Å². The molecule has 32 heavy (non-hydrogen) atoms. The highest BCUT2D eigenvalue weighted by Crippen LogP contribution is 2.38. The van der Waals surface area contributed by atoms with Crippen molar-refractivity contribution in [3.63, 3.8) is 0 Å². The fourth-order valence-corrected chi connectivity index (χ4v) is 5.39. The van der Waals surface area contributed by atoms with Crippen LogP contribution < -0.4 is 9.62 Å². The van der Waals surface area contributed by atoms with Crippen molar-refractivity contribution in [3.05, 3.63) is 72.3 Å².